The van der Waals surface area contributed by atoms with Crippen molar-refractivity contribution in [1.29, 1.82) is 0 Å². The number of hydrogen-bond acceptors (Lipinski definition) is 8. The molecule has 0 bridgehead atoms. The smallest absolute Gasteiger partial charge is 0.410 e. The highest BCUT2D eigenvalue weighted by molar-refractivity contribution is 5.68. The maximum atomic E-state index is 12.2. The Bertz CT molecular complexity index is 788. The Morgan fingerprint density at radius 2 is 2.13 bits per heavy atom. The monoisotopic (exact) mass is 414 g/mol. The van der Waals surface area contributed by atoms with Gasteiger partial charge in [-0.15, -0.1) is 0 Å². The minimum atomic E-state index is -0.179. The first kappa shape index (κ1) is 19.4. The van der Waals surface area contributed by atoms with E-state index >= 15 is 0 Å². The third-order valence-corrected chi connectivity index (χ3v) is 6.87. The van der Waals surface area contributed by atoms with Crippen molar-refractivity contribution in [2.24, 2.45) is 28.2 Å². The first-order valence-electron chi connectivity index (χ1n) is 11.1. The fourth-order valence-corrected chi connectivity index (χ4v) is 4.53. The molecule has 5 rings (SSSR count). The Morgan fingerprint density at radius 1 is 1.30 bits per heavy atom. The van der Waals surface area contributed by atoms with Gasteiger partial charge in [0.2, 0.25) is 5.88 Å². The number of carbonyl (C=O) groups is 1. The molecule has 0 spiro atoms. The van der Waals surface area contributed by atoms with E-state index in [9.17, 15) is 4.79 Å². The Kier molecular flexibility index (Phi) is 5.12. The van der Waals surface area contributed by atoms with E-state index in [0.717, 1.165) is 68.6 Å². The van der Waals surface area contributed by atoms with E-state index in [1.807, 2.05) is 24.0 Å². The number of pyridine rings is 1. The van der Waals surface area contributed by atoms with E-state index in [0.29, 0.717) is 19.2 Å². The number of anilines is 1. The highest BCUT2D eigenvalue weighted by Crippen LogP contribution is 2.50. The summed E-state index contributed by atoms with van der Waals surface area (Å²) in [6.07, 6.45) is 8.19. The van der Waals surface area contributed by atoms with Gasteiger partial charge >= 0.3 is 6.09 Å². The number of hydrogen-bond donors (Lipinski definition) is 1. The summed E-state index contributed by atoms with van der Waals surface area (Å²) in [7, 11) is 0. The van der Waals surface area contributed by atoms with Crippen molar-refractivity contribution in [1.82, 2.24) is 15.3 Å². The van der Waals surface area contributed by atoms with Crippen molar-refractivity contribution in [2.75, 3.05) is 31.4 Å². The van der Waals surface area contributed by atoms with Gasteiger partial charge in [-0.3, -0.25) is 5.43 Å². The second-order valence-electron chi connectivity index (χ2n) is 9.20. The van der Waals surface area contributed by atoms with Gasteiger partial charge in [0.1, 0.15) is 12.3 Å². The minimum absolute atomic E-state index is 0.114. The molecule has 3 heterocycles. The molecule has 3 fully saturated rings. The maximum Gasteiger partial charge on any atom is 0.410 e. The van der Waals surface area contributed by atoms with Gasteiger partial charge in [-0.1, -0.05) is 5.22 Å². The van der Waals surface area contributed by atoms with Crippen molar-refractivity contribution >= 4 is 11.8 Å². The average Bonchev–Trinajstić information content (AvgIpc) is 3.63. The standard InChI is InChI=1S/C21H30N6O3/c1-21(7-8-21)30-20(28)26-9-4-15(5-10-26)18-12-16(18)6-11-29-19-3-2-17(13-22-19)27-14-23-24-25-27/h2-3,13,15-16,18H,4-12,14H2,1H3,(H,23,25)/t16-,18-/m1/s1. The molecule has 162 valence electrons. The van der Waals surface area contributed by atoms with E-state index in [-0.39, 0.29) is 11.7 Å². The molecule has 2 aliphatic heterocycles. The van der Waals surface area contributed by atoms with Gasteiger partial charge in [-0.2, -0.15) is 0 Å². The van der Waals surface area contributed by atoms with Crippen LogP contribution in [0.5, 0.6) is 5.88 Å². The van der Waals surface area contributed by atoms with Crippen LogP contribution in [0.25, 0.3) is 0 Å². The molecule has 9 nitrogen and oxygen atoms in total. The molecule has 1 N–H and O–H groups in total. The van der Waals surface area contributed by atoms with E-state index in [1.165, 1.54) is 6.42 Å². The SMILES string of the molecule is CC1(OC(=O)N2CCC([C@H]3C[C@H]3CCOc3ccc(N4CNN=N4)cn3)CC2)CC1. The minimum Gasteiger partial charge on any atom is -0.478 e. The lowest BCUT2D eigenvalue weighted by atomic mass is 9.91. The van der Waals surface area contributed by atoms with Crippen LogP contribution < -0.4 is 15.2 Å². The average molecular weight is 415 g/mol. The van der Waals surface area contributed by atoms with Crippen LogP contribution in [0.1, 0.15) is 45.4 Å². The van der Waals surface area contributed by atoms with Crippen LogP contribution in [0.2, 0.25) is 0 Å². The van der Waals surface area contributed by atoms with Gasteiger partial charge in [0.25, 0.3) is 0 Å². The van der Waals surface area contributed by atoms with E-state index in [1.54, 1.807) is 11.2 Å². The van der Waals surface area contributed by atoms with Crippen LogP contribution in [0.3, 0.4) is 0 Å². The molecule has 2 aliphatic carbocycles. The second-order valence-corrected chi connectivity index (χ2v) is 9.20. The van der Waals surface area contributed by atoms with Gasteiger partial charge in [0.05, 0.1) is 18.5 Å². The highest BCUT2D eigenvalue weighted by atomic mass is 16.6. The molecule has 2 saturated carbocycles. The predicted octanol–water partition coefficient (Wildman–Crippen LogP) is 3.54. The number of likely N-dealkylation sites (tertiary alicyclic amines) is 1. The number of rotatable bonds is 7. The van der Waals surface area contributed by atoms with Crippen molar-refractivity contribution in [3.63, 3.8) is 0 Å². The number of ether oxygens (including phenoxy) is 2. The van der Waals surface area contributed by atoms with Gasteiger partial charge in [-0.05, 0) is 74.5 Å². The van der Waals surface area contributed by atoms with Crippen LogP contribution in [0.4, 0.5) is 10.5 Å². The number of nitrogens with zero attached hydrogens (tertiary/aromatic N) is 5. The van der Waals surface area contributed by atoms with Gasteiger partial charge in [-0.25, -0.2) is 14.8 Å². The Hall–Kier alpha value is -2.58. The number of amides is 1. The molecule has 1 aromatic rings. The normalized spacial score (nSPS) is 27.0. The van der Waals surface area contributed by atoms with E-state index in [4.69, 9.17) is 9.47 Å². The number of piperidine rings is 1. The Labute approximate surface area is 176 Å². The van der Waals surface area contributed by atoms with Crippen LogP contribution in [0.15, 0.2) is 28.8 Å². The zero-order valence-corrected chi connectivity index (χ0v) is 17.5. The summed E-state index contributed by atoms with van der Waals surface area (Å²) in [6.45, 7) is 4.95. The zero-order valence-electron chi connectivity index (χ0n) is 17.5. The van der Waals surface area contributed by atoms with Crippen molar-refractivity contribution < 1.29 is 14.3 Å². The fourth-order valence-electron chi connectivity index (χ4n) is 4.53. The molecule has 1 aromatic heterocycles. The quantitative estimate of drug-likeness (QED) is 0.734. The lowest BCUT2D eigenvalue weighted by Gasteiger charge is -2.32. The number of aromatic nitrogens is 1. The van der Waals surface area contributed by atoms with Crippen molar-refractivity contribution in [3.05, 3.63) is 18.3 Å². The maximum absolute atomic E-state index is 12.2. The van der Waals surface area contributed by atoms with E-state index < -0.39 is 0 Å². The summed E-state index contributed by atoms with van der Waals surface area (Å²) >= 11 is 0. The van der Waals surface area contributed by atoms with E-state index in [2.05, 4.69) is 20.9 Å². The zero-order chi connectivity index (χ0) is 20.6. The fraction of sp³-hybridized carbons (Fsp3) is 0.714. The molecular formula is C21H30N6O3. The molecule has 0 aromatic carbocycles. The predicted molar refractivity (Wildman–Crippen MR) is 110 cm³/mol. The van der Waals surface area contributed by atoms with Crippen molar-refractivity contribution in [2.45, 2.75) is 51.0 Å². The first-order chi connectivity index (χ1) is 14.6. The molecule has 0 radical (unpaired) electrons. The lowest BCUT2D eigenvalue weighted by Crippen LogP contribution is -2.40. The summed E-state index contributed by atoms with van der Waals surface area (Å²) in [5, 5.41) is 9.42. The van der Waals surface area contributed by atoms with Crippen LogP contribution in [0, 0.1) is 17.8 Å². The summed E-state index contributed by atoms with van der Waals surface area (Å²) < 4.78 is 11.4. The Balaban J connectivity index is 0.994. The molecule has 0 unspecified atom stereocenters. The molecular weight excluding hydrogens is 384 g/mol. The second kappa shape index (κ2) is 7.92. The molecule has 2 atom stereocenters. The topological polar surface area (TPSA) is 91.7 Å². The summed E-state index contributed by atoms with van der Waals surface area (Å²) in [5.41, 5.74) is 3.50. The van der Waals surface area contributed by atoms with Crippen LogP contribution in [-0.2, 0) is 4.74 Å². The first-order valence-corrected chi connectivity index (χ1v) is 11.1. The Morgan fingerprint density at radius 3 is 2.80 bits per heavy atom. The van der Waals surface area contributed by atoms with Crippen molar-refractivity contribution in [3.8, 4) is 5.88 Å². The largest absolute Gasteiger partial charge is 0.478 e. The molecule has 4 aliphatic rings. The molecule has 1 saturated heterocycles. The molecule has 30 heavy (non-hydrogen) atoms. The molecule has 1 amide bonds. The third-order valence-electron chi connectivity index (χ3n) is 6.87. The summed E-state index contributed by atoms with van der Waals surface area (Å²) in [4.78, 5) is 18.5. The van der Waals surface area contributed by atoms with Crippen LogP contribution >= 0.6 is 0 Å². The third kappa shape index (κ3) is 4.44. The molecule has 9 heteroatoms. The lowest BCUT2D eigenvalue weighted by molar-refractivity contribution is 0.0473. The summed E-state index contributed by atoms with van der Waals surface area (Å²) in [6, 6.07) is 3.82. The van der Waals surface area contributed by atoms with Gasteiger partial charge < -0.3 is 14.4 Å². The highest BCUT2D eigenvalue weighted by Gasteiger charge is 2.45. The van der Waals surface area contributed by atoms with Crippen LogP contribution in [-0.4, -0.2) is 47.9 Å². The number of nitrogens with one attached hydrogen (secondary N) is 1. The van der Waals surface area contributed by atoms with Gasteiger partial charge in [0.15, 0.2) is 0 Å². The number of carbonyl (C=O) groups excluding carboxylic acids is 1. The summed E-state index contributed by atoms with van der Waals surface area (Å²) in [5.74, 6) is 2.91. The van der Waals surface area contributed by atoms with Gasteiger partial charge in [0, 0.05) is 19.2 Å².